The van der Waals surface area contributed by atoms with Crippen molar-refractivity contribution < 1.29 is 4.74 Å². The summed E-state index contributed by atoms with van der Waals surface area (Å²) in [6.07, 6.45) is 6.85. The summed E-state index contributed by atoms with van der Waals surface area (Å²) in [5.74, 6) is 0.600. The molecular weight excluding hydrogens is 174 g/mol. The Morgan fingerprint density at radius 1 is 1.36 bits per heavy atom. The first-order valence-corrected chi connectivity index (χ1v) is 5.38. The fourth-order valence-corrected chi connectivity index (χ4v) is 1.01. The molecule has 0 heterocycles. The molecule has 0 amide bonds. The van der Waals surface area contributed by atoms with Crippen LogP contribution in [0.3, 0.4) is 0 Å². The molecule has 0 spiro atoms. The van der Waals surface area contributed by atoms with E-state index in [-0.39, 0.29) is 6.10 Å². The maximum Gasteiger partial charge on any atom is 0.259 e. The molecular formula is C12H21NO. The van der Waals surface area contributed by atoms with Gasteiger partial charge < -0.3 is 4.74 Å². The molecule has 80 valence electrons. The van der Waals surface area contributed by atoms with Gasteiger partial charge in [-0.25, -0.2) is 4.99 Å². The first kappa shape index (κ1) is 13.0. The molecule has 0 aromatic carbocycles. The van der Waals surface area contributed by atoms with Gasteiger partial charge in [0.15, 0.2) is 0 Å². The Morgan fingerprint density at radius 2 is 2.00 bits per heavy atom. The molecule has 0 saturated heterocycles. The van der Waals surface area contributed by atoms with Crippen LogP contribution in [0.1, 0.15) is 47.0 Å². The van der Waals surface area contributed by atoms with Crippen LogP contribution in [0.25, 0.3) is 0 Å². The minimum absolute atomic E-state index is 0.256. The standard InChI is InChI=1S/C12H21NO/c1-5-9-12(13-10-6-2)14-11(7-3)8-4/h5,10-11H,6-8H2,1-4H3/b13-10-. The Kier molecular flexibility index (Phi) is 7.96. The van der Waals surface area contributed by atoms with Crippen molar-refractivity contribution in [1.82, 2.24) is 0 Å². The van der Waals surface area contributed by atoms with Crippen LogP contribution in [0.5, 0.6) is 0 Å². The number of nitrogens with zero attached hydrogens (tertiary/aromatic N) is 1. The topological polar surface area (TPSA) is 21.6 Å². The zero-order valence-corrected chi connectivity index (χ0v) is 9.71. The fraction of sp³-hybridized carbons (Fsp3) is 0.667. The number of hydrogen-bond acceptors (Lipinski definition) is 2. The minimum Gasteiger partial charge on any atom is -0.469 e. The number of hydrogen-bond donors (Lipinski definition) is 0. The second-order valence-corrected chi connectivity index (χ2v) is 3.01. The van der Waals surface area contributed by atoms with Gasteiger partial charge in [0.05, 0.1) is 0 Å². The largest absolute Gasteiger partial charge is 0.469 e. The van der Waals surface area contributed by atoms with Crippen molar-refractivity contribution in [2.24, 2.45) is 4.99 Å². The molecule has 2 nitrogen and oxygen atoms in total. The van der Waals surface area contributed by atoms with Crippen molar-refractivity contribution in [3.8, 4) is 0 Å². The molecule has 0 aliphatic carbocycles. The van der Waals surface area contributed by atoms with E-state index in [2.05, 4.69) is 24.6 Å². The van der Waals surface area contributed by atoms with Crippen LogP contribution in [-0.4, -0.2) is 12.3 Å². The molecule has 0 fully saturated rings. The first-order valence-electron chi connectivity index (χ1n) is 5.38. The van der Waals surface area contributed by atoms with Crippen LogP contribution in [-0.2, 0) is 4.74 Å². The lowest BCUT2D eigenvalue weighted by Crippen LogP contribution is -2.08. The maximum atomic E-state index is 5.67. The van der Waals surface area contributed by atoms with Gasteiger partial charge in [-0.3, -0.25) is 0 Å². The van der Waals surface area contributed by atoms with Crippen LogP contribution in [0.15, 0.2) is 22.7 Å². The predicted molar refractivity (Wildman–Crippen MR) is 61.5 cm³/mol. The van der Waals surface area contributed by atoms with E-state index in [0.717, 1.165) is 19.3 Å². The third kappa shape index (κ3) is 5.60. The van der Waals surface area contributed by atoms with Gasteiger partial charge in [0.25, 0.3) is 5.88 Å². The molecule has 0 saturated carbocycles. The smallest absolute Gasteiger partial charge is 0.259 e. The minimum atomic E-state index is 0.256. The lowest BCUT2D eigenvalue weighted by molar-refractivity contribution is 0.108. The van der Waals surface area contributed by atoms with Gasteiger partial charge in [0, 0.05) is 6.21 Å². The first-order chi connectivity index (χ1) is 6.78. The van der Waals surface area contributed by atoms with Gasteiger partial charge in [-0.05, 0) is 32.3 Å². The van der Waals surface area contributed by atoms with Crippen LogP contribution < -0.4 is 0 Å². The van der Waals surface area contributed by atoms with Gasteiger partial charge in [0.2, 0.25) is 0 Å². The maximum absolute atomic E-state index is 5.67. The van der Waals surface area contributed by atoms with Crippen molar-refractivity contribution in [2.75, 3.05) is 0 Å². The third-order valence-electron chi connectivity index (χ3n) is 1.85. The Labute approximate surface area is 87.4 Å². The highest BCUT2D eigenvalue weighted by Crippen LogP contribution is 2.09. The normalized spacial score (nSPS) is 10.4. The molecule has 0 aromatic rings. The monoisotopic (exact) mass is 195 g/mol. The lowest BCUT2D eigenvalue weighted by Gasteiger charge is -2.13. The second-order valence-electron chi connectivity index (χ2n) is 3.01. The Morgan fingerprint density at radius 3 is 2.43 bits per heavy atom. The van der Waals surface area contributed by atoms with E-state index in [1.165, 1.54) is 0 Å². The molecule has 0 rings (SSSR count). The van der Waals surface area contributed by atoms with Crippen molar-refractivity contribution in [1.29, 1.82) is 0 Å². The molecule has 2 heteroatoms. The number of allylic oxidation sites excluding steroid dienone is 1. The van der Waals surface area contributed by atoms with E-state index >= 15 is 0 Å². The van der Waals surface area contributed by atoms with Crippen molar-refractivity contribution >= 4 is 6.21 Å². The van der Waals surface area contributed by atoms with Gasteiger partial charge in [-0.2, -0.15) is 0 Å². The van der Waals surface area contributed by atoms with E-state index in [1.807, 2.05) is 26.1 Å². The molecule has 14 heavy (non-hydrogen) atoms. The molecule has 0 aromatic heterocycles. The zero-order valence-electron chi connectivity index (χ0n) is 9.71. The Hall–Kier alpha value is -1.01. The van der Waals surface area contributed by atoms with E-state index in [9.17, 15) is 0 Å². The summed E-state index contributed by atoms with van der Waals surface area (Å²) >= 11 is 0. The van der Waals surface area contributed by atoms with Gasteiger partial charge in [0.1, 0.15) is 6.10 Å². The molecule has 0 radical (unpaired) electrons. The van der Waals surface area contributed by atoms with Gasteiger partial charge in [-0.1, -0.05) is 26.5 Å². The van der Waals surface area contributed by atoms with E-state index in [1.54, 1.807) is 0 Å². The summed E-state index contributed by atoms with van der Waals surface area (Å²) in [7, 11) is 0. The second kappa shape index (κ2) is 8.58. The number of aliphatic imine (C=N–C) groups is 1. The highest BCUT2D eigenvalue weighted by Gasteiger charge is 2.05. The molecule has 0 unspecified atom stereocenters. The van der Waals surface area contributed by atoms with Crippen molar-refractivity contribution in [3.63, 3.8) is 0 Å². The SMILES string of the molecule is CC=C=C(/N=C\CC)OC(CC)CC. The average Bonchev–Trinajstić information content (AvgIpc) is 2.22. The third-order valence-corrected chi connectivity index (χ3v) is 1.85. The summed E-state index contributed by atoms with van der Waals surface area (Å²) < 4.78 is 5.67. The zero-order chi connectivity index (χ0) is 10.8. The van der Waals surface area contributed by atoms with Crippen LogP contribution in [0.4, 0.5) is 0 Å². The van der Waals surface area contributed by atoms with Crippen molar-refractivity contribution in [3.05, 3.63) is 17.7 Å². The van der Waals surface area contributed by atoms with E-state index in [4.69, 9.17) is 4.74 Å². The fourth-order valence-electron chi connectivity index (χ4n) is 1.01. The molecule has 0 bridgehead atoms. The summed E-state index contributed by atoms with van der Waals surface area (Å²) in [5.41, 5.74) is 2.99. The Balaban J connectivity index is 4.38. The molecule has 0 aliphatic heterocycles. The summed E-state index contributed by atoms with van der Waals surface area (Å²) in [6, 6.07) is 0. The summed E-state index contributed by atoms with van der Waals surface area (Å²) in [4.78, 5) is 4.19. The van der Waals surface area contributed by atoms with E-state index < -0.39 is 0 Å². The average molecular weight is 195 g/mol. The Bertz CT molecular complexity index is 220. The molecule has 0 N–H and O–H groups in total. The van der Waals surface area contributed by atoms with Gasteiger partial charge >= 0.3 is 0 Å². The predicted octanol–water partition coefficient (Wildman–Crippen LogP) is 3.69. The van der Waals surface area contributed by atoms with E-state index in [0.29, 0.717) is 5.88 Å². The van der Waals surface area contributed by atoms with Crippen LogP contribution in [0.2, 0.25) is 0 Å². The highest BCUT2D eigenvalue weighted by molar-refractivity contribution is 5.57. The van der Waals surface area contributed by atoms with Crippen LogP contribution in [0, 0.1) is 0 Å². The van der Waals surface area contributed by atoms with Gasteiger partial charge in [-0.15, -0.1) is 0 Å². The molecule has 0 aliphatic rings. The van der Waals surface area contributed by atoms with Crippen molar-refractivity contribution in [2.45, 2.75) is 53.1 Å². The number of ether oxygens (including phenoxy) is 1. The summed E-state index contributed by atoms with van der Waals surface area (Å²) in [5, 5.41) is 0. The summed E-state index contributed by atoms with van der Waals surface area (Å²) in [6.45, 7) is 8.20. The van der Waals surface area contributed by atoms with Crippen LogP contribution >= 0.6 is 0 Å². The lowest BCUT2D eigenvalue weighted by atomic mass is 10.2. The molecule has 0 atom stereocenters. The number of rotatable bonds is 6. The highest BCUT2D eigenvalue weighted by atomic mass is 16.5. The quantitative estimate of drug-likeness (QED) is 0.360.